The smallest absolute Gasteiger partial charge is 0.343 e. The molecular weight excluding hydrogens is 491 g/mol. The van der Waals surface area contributed by atoms with Gasteiger partial charge in [-0.15, -0.1) is 0 Å². The van der Waals surface area contributed by atoms with Crippen LogP contribution in [0.2, 0.25) is 0 Å². The third kappa shape index (κ3) is 7.34. The Hall–Kier alpha value is -5.31. The quantitative estimate of drug-likeness (QED) is 0.150. The molecule has 0 radical (unpaired) electrons. The van der Waals surface area contributed by atoms with Gasteiger partial charge in [0.15, 0.2) is 6.61 Å². The molecule has 38 heavy (non-hydrogen) atoms. The Morgan fingerprint density at radius 1 is 0.737 bits per heavy atom. The van der Waals surface area contributed by atoms with Gasteiger partial charge in [0.1, 0.15) is 23.1 Å². The number of hydrazone groups is 1. The lowest BCUT2D eigenvalue weighted by Crippen LogP contribution is -2.24. The average Bonchev–Trinajstić information content (AvgIpc) is 2.94. The lowest BCUT2D eigenvalue weighted by atomic mass is 10.2. The van der Waals surface area contributed by atoms with Crippen LogP contribution in [0, 0.1) is 5.82 Å². The van der Waals surface area contributed by atoms with E-state index in [1.54, 1.807) is 60.7 Å². The molecule has 0 spiro atoms. The van der Waals surface area contributed by atoms with Crippen molar-refractivity contribution < 1.29 is 33.0 Å². The molecule has 0 unspecified atom stereocenters. The largest absolute Gasteiger partial charge is 0.484 e. The van der Waals surface area contributed by atoms with Gasteiger partial charge >= 0.3 is 11.9 Å². The lowest BCUT2D eigenvalue weighted by molar-refractivity contribution is -0.123. The molecule has 4 aromatic carbocycles. The fraction of sp³-hybridized carbons (Fsp3) is 0.0345. The summed E-state index contributed by atoms with van der Waals surface area (Å²) < 4.78 is 29.2. The summed E-state index contributed by atoms with van der Waals surface area (Å²) in [6.45, 7) is -0.354. The molecule has 4 aromatic rings. The second kappa shape index (κ2) is 12.6. The number of nitrogens with one attached hydrogen (secondary N) is 1. The van der Waals surface area contributed by atoms with Crippen molar-refractivity contribution in [2.75, 3.05) is 6.61 Å². The second-order valence-corrected chi connectivity index (χ2v) is 7.75. The monoisotopic (exact) mass is 512 g/mol. The Labute approximate surface area is 217 Å². The molecule has 0 bridgehead atoms. The van der Waals surface area contributed by atoms with Gasteiger partial charge in [0.25, 0.3) is 5.91 Å². The number of ether oxygens (including phenoxy) is 3. The summed E-state index contributed by atoms with van der Waals surface area (Å²) in [5.74, 6) is -1.69. The number of nitrogens with zero attached hydrogens (tertiary/aromatic N) is 1. The molecule has 9 heteroatoms. The molecule has 8 nitrogen and oxygen atoms in total. The maximum atomic E-state index is 13.0. The van der Waals surface area contributed by atoms with Crippen molar-refractivity contribution in [3.8, 4) is 17.2 Å². The molecule has 0 fully saturated rings. The van der Waals surface area contributed by atoms with Gasteiger partial charge in [-0.1, -0.05) is 36.4 Å². The van der Waals surface area contributed by atoms with Crippen molar-refractivity contribution in [1.29, 1.82) is 0 Å². The highest BCUT2D eigenvalue weighted by atomic mass is 19.1. The summed E-state index contributed by atoms with van der Waals surface area (Å²) in [7, 11) is 0. The molecule has 4 rings (SSSR count). The van der Waals surface area contributed by atoms with E-state index in [4.69, 9.17) is 14.2 Å². The Morgan fingerprint density at radius 2 is 1.32 bits per heavy atom. The second-order valence-electron chi connectivity index (χ2n) is 7.75. The van der Waals surface area contributed by atoms with Crippen molar-refractivity contribution in [2.45, 2.75) is 0 Å². The van der Waals surface area contributed by atoms with E-state index in [2.05, 4.69) is 10.5 Å². The van der Waals surface area contributed by atoms with Gasteiger partial charge in [0, 0.05) is 11.6 Å². The van der Waals surface area contributed by atoms with Crippen LogP contribution in [0.4, 0.5) is 4.39 Å². The van der Waals surface area contributed by atoms with Gasteiger partial charge in [-0.2, -0.15) is 5.10 Å². The van der Waals surface area contributed by atoms with E-state index in [9.17, 15) is 18.8 Å². The third-order valence-electron chi connectivity index (χ3n) is 4.99. The van der Waals surface area contributed by atoms with Crippen LogP contribution < -0.4 is 19.6 Å². The van der Waals surface area contributed by atoms with E-state index >= 15 is 0 Å². The SMILES string of the molecule is O=C(COc1ccc(F)cc1)N/N=C\c1ccc(OC(=O)c2ccccc2)cc1OC(=O)c1ccccc1. The van der Waals surface area contributed by atoms with Crippen molar-refractivity contribution >= 4 is 24.1 Å². The topological polar surface area (TPSA) is 103 Å². The summed E-state index contributed by atoms with van der Waals surface area (Å²) in [4.78, 5) is 37.2. The fourth-order valence-electron chi connectivity index (χ4n) is 3.13. The van der Waals surface area contributed by atoms with E-state index in [0.717, 1.165) is 0 Å². The molecule has 0 saturated heterocycles. The standard InChI is InChI=1S/C29H21FN2O6/c30-23-12-15-24(16-13-23)36-19-27(33)32-31-18-22-11-14-25(37-28(34)20-7-3-1-4-8-20)17-26(22)38-29(35)21-9-5-2-6-10-21/h1-18H,19H2,(H,32,33)/b31-18-. The molecule has 0 atom stereocenters. The van der Waals surface area contributed by atoms with E-state index in [-0.39, 0.29) is 18.1 Å². The Bertz CT molecular complexity index is 1440. The number of rotatable bonds is 9. The predicted octanol–water partition coefficient (Wildman–Crippen LogP) is 4.79. The Kier molecular flexibility index (Phi) is 8.54. The van der Waals surface area contributed by atoms with Crippen LogP contribution in [0.1, 0.15) is 26.3 Å². The maximum absolute atomic E-state index is 13.0. The minimum Gasteiger partial charge on any atom is -0.484 e. The number of hydrogen-bond acceptors (Lipinski definition) is 7. The molecule has 0 aromatic heterocycles. The van der Waals surface area contributed by atoms with E-state index in [1.165, 1.54) is 48.7 Å². The van der Waals surface area contributed by atoms with E-state index in [1.807, 2.05) is 0 Å². The molecule has 1 N–H and O–H groups in total. The molecule has 0 saturated carbocycles. The first-order valence-electron chi connectivity index (χ1n) is 11.4. The highest BCUT2D eigenvalue weighted by Crippen LogP contribution is 2.26. The van der Waals surface area contributed by atoms with Crippen LogP contribution in [0.25, 0.3) is 0 Å². The molecule has 0 heterocycles. The minimum atomic E-state index is -0.636. The number of hydrogen-bond donors (Lipinski definition) is 1. The predicted molar refractivity (Wildman–Crippen MR) is 137 cm³/mol. The van der Waals surface area contributed by atoms with Crippen molar-refractivity contribution in [1.82, 2.24) is 5.43 Å². The first-order valence-corrected chi connectivity index (χ1v) is 11.4. The molecule has 0 aliphatic rings. The molecule has 0 aliphatic heterocycles. The van der Waals surface area contributed by atoms with Crippen LogP contribution in [-0.2, 0) is 4.79 Å². The van der Waals surface area contributed by atoms with Gasteiger partial charge in [0.05, 0.1) is 17.3 Å². The zero-order valence-corrected chi connectivity index (χ0v) is 19.9. The summed E-state index contributed by atoms with van der Waals surface area (Å²) >= 11 is 0. The first kappa shape index (κ1) is 25.8. The molecule has 190 valence electrons. The average molecular weight is 512 g/mol. The summed E-state index contributed by atoms with van der Waals surface area (Å²) in [5, 5.41) is 3.88. The van der Waals surface area contributed by atoms with Crippen LogP contribution in [0.5, 0.6) is 17.2 Å². The number of benzene rings is 4. The van der Waals surface area contributed by atoms with E-state index in [0.29, 0.717) is 22.4 Å². The van der Waals surface area contributed by atoms with Crippen LogP contribution in [-0.4, -0.2) is 30.7 Å². The third-order valence-corrected chi connectivity index (χ3v) is 4.99. The first-order chi connectivity index (χ1) is 18.5. The number of carbonyl (C=O) groups is 3. The van der Waals surface area contributed by atoms with Crippen LogP contribution in [0.3, 0.4) is 0 Å². The zero-order chi connectivity index (χ0) is 26.7. The highest BCUT2D eigenvalue weighted by Gasteiger charge is 2.15. The Morgan fingerprint density at radius 3 is 1.95 bits per heavy atom. The summed E-state index contributed by atoms with van der Waals surface area (Å²) in [5.41, 5.74) is 3.29. The Balaban J connectivity index is 1.46. The molecule has 0 aliphatic carbocycles. The fourth-order valence-corrected chi connectivity index (χ4v) is 3.13. The van der Waals surface area contributed by atoms with E-state index < -0.39 is 23.7 Å². The molecular formula is C29H21FN2O6. The molecule has 1 amide bonds. The minimum absolute atomic E-state index is 0.0535. The van der Waals surface area contributed by atoms with Crippen molar-refractivity contribution in [2.24, 2.45) is 5.10 Å². The number of halogens is 1. The maximum Gasteiger partial charge on any atom is 0.343 e. The van der Waals surface area contributed by atoms with Crippen molar-refractivity contribution in [3.05, 3.63) is 126 Å². The van der Waals surface area contributed by atoms with Gasteiger partial charge in [0.2, 0.25) is 0 Å². The van der Waals surface area contributed by atoms with Crippen LogP contribution >= 0.6 is 0 Å². The zero-order valence-electron chi connectivity index (χ0n) is 19.9. The summed E-state index contributed by atoms with van der Waals surface area (Å²) in [6, 6.07) is 26.4. The van der Waals surface area contributed by atoms with Crippen molar-refractivity contribution in [3.63, 3.8) is 0 Å². The highest BCUT2D eigenvalue weighted by molar-refractivity contribution is 5.94. The van der Waals surface area contributed by atoms with Gasteiger partial charge in [-0.3, -0.25) is 4.79 Å². The van der Waals surface area contributed by atoms with Crippen LogP contribution in [0.15, 0.2) is 108 Å². The number of carbonyl (C=O) groups excluding carboxylic acids is 3. The summed E-state index contributed by atoms with van der Waals surface area (Å²) in [6.07, 6.45) is 1.27. The number of amides is 1. The lowest BCUT2D eigenvalue weighted by Gasteiger charge is -2.10. The van der Waals surface area contributed by atoms with Gasteiger partial charge in [-0.05, 0) is 60.7 Å². The normalized spacial score (nSPS) is 10.6. The van der Waals surface area contributed by atoms with Gasteiger partial charge in [-0.25, -0.2) is 19.4 Å². The van der Waals surface area contributed by atoms with Gasteiger partial charge < -0.3 is 14.2 Å². The number of esters is 2.